The van der Waals surface area contributed by atoms with E-state index in [2.05, 4.69) is 46.9 Å². The van der Waals surface area contributed by atoms with Crippen LogP contribution in [0, 0.1) is 11.8 Å². The molecule has 0 aliphatic rings. The van der Waals surface area contributed by atoms with Crippen LogP contribution in [0.4, 0.5) is 0 Å². The lowest BCUT2D eigenvalue weighted by Crippen LogP contribution is -2.40. The maximum absolute atomic E-state index is 5.57. The molecule has 0 aromatic rings. The molecule has 1 atom stereocenters. The zero-order valence-corrected chi connectivity index (χ0v) is 12.1. The summed E-state index contributed by atoms with van der Waals surface area (Å²) in [7, 11) is 0. The summed E-state index contributed by atoms with van der Waals surface area (Å²) < 4.78 is 5.57. The lowest BCUT2D eigenvalue weighted by atomic mass is 9.92. The van der Waals surface area contributed by atoms with Gasteiger partial charge in [-0.25, -0.2) is 0 Å². The first kappa shape index (κ1) is 15.9. The van der Waals surface area contributed by atoms with Crippen LogP contribution in [0.3, 0.4) is 0 Å². The standard InChI is InChI=1S/C14H31NO/c1-7-9-16-10-8-13(12(2)3)11-15-14(4,5)6/h12-13,15H,7-11H2,1-6H3. The van der Waals surface area contributed by atoms with Crippen molar-refractivity contribution >= 4 is 0 Å². The third-order valence-corrected chi connectivity index (χ3v) is 2.82. The molecule has 1 N–H and O–H groups in total. The highest BCUT2D eigenvalue weighted by atomic mass is 16.5. The van der Waals surface area contributed by atoms with Crippen LogP contribution in [0.1, 0.15) is 54.4 Å². The number of hydrogen-bond donors (Lipinski definition) is 1. The van der Waals surface area contributed by atoms with E-state index in [9.17, 15) is 0 Å². The minimum Gasteiger partial charge on any atom is -0.381 e. The van der Waals surface area contributed by atoms with Gasteiger partial charge in [-0.15, -0.1) is 0 Å². The molecule has 0 spiro atoms. The Hall–Kier alpha value is -0.0800. The predicted molar refractivity (Wildman–Crippen MR) is 71.8 cm³/mol. The van der Waals surface area contributed by atoms with Crippen LogP contribution in [0.25, 0.3) is 0 Å². The molecule has 0 saturated heterocycles. The second-order valence-electron chi connectivity index (χ2n) is 6.04. The summed E-state index contributed by atoms with van der Waals surface area (Å²) in [4.78, 5) is 0. The van der Waals surface area contributed by atoms with E-state index in [0.717, 1.165) is 38.0 Å². The topological polar surface area (TPSA) is 21.3 Å². The van der Waals surface area contributed by atoms with Gasteiger partial charge >= 0.3 is 0 Å². The fraction of sp³-hybridized carbons (Fsp3) is 1.00. The minimum absolute atomic E-state index is 0.220. The molecule has 0 aromatic heterocycles. The van der Waals surface area contributed by atoms with Gasteiger partial charge < -0.3 is 10.1 Å². The molecule has 0 saturated carbocycles. The third-order valence-electron chi connectivity index (χ3n) is 2.82. The van der Waals surface area contributed by atoms with Crippen molar-refractivity contribution < 1.29 is 4.74 Å². The normalized spacial score (nSPS) is 14.4. The summed E-state index contributed by atoms with van der Waals surface area (Å²) in [5.41, 5.74) is 0.220. The summed E-state index contributed by atoms with van der Waals surface area (Å²) in [6.45, 7) is 16.3. The van der Waals surface area contributed by atoms with Gasteiger partial charge in [0.05, 0.1) is 0 Å². The number of rotatable bonds is 8. The largest absolute Gasteiger partial charge is 0.381 e. The highest BCUT2D eigenvalue weighted by Gasteiger charge is 2.16. The van der Waals surface area contributed by atoms with Crippen LogP contribution in [0.15, 0.2) is 0 Å². The van der Waals surface area contributed by atoms with Crippen LogP contribution < -0.4 is 5.32 Å². The van der Waals surface area contributed by atoms with Gasteiger partial charge in [-0.05, 0) is 52.0 Å². The van der Waals surface area contributed by atoms with Crippen molar-refractivity contribution in [2.45, 2.75) is 59.9 Å². The first-order chi connectivity index (χ1) is 7.37. The average Bonchev–Trinajstić information content (AvgIpc) is 2.14. The third kappa shape index (κ3) is 9.17. The molecule has 0 radical (unpaired) electrons. The smallest absolute Gasteiger partial charge is 0.0469 e. The molecule has 0 amide bonds. The van der Waals surface area contributed by atoms with Crippen molar-refractivity contribution in [1.82, 2.24) is 5.32 Å². The van der Waals surface area contributed by atoms with E-state index in [1.54, 1.807) is 0 Å². The summed E-state index contributed by atoms with van der Waals surface area (Å²) in [5.74, 6) is 1.44. The SMILES string of the molecule is CCCOCCC(CNC(C)(C)C)C(C)C. The van der Waals surface area contributed by atoms with Gasteiger partial charge in [0, 0.05) is 18.8 Å². The van der Waals surface area contributed by atoms with Crippen molar-refractivity contribution in [3.8, 4) is 0 Å². The molecule has 0 aromatic carbocycles. The quantitative estimate of drug-likeness (QED) is 0.644. The van der Waals surface area contributed by atoms with Crippen LogP contribution >= 0.6 is 0 Å². The van der Waals surface area contributed by atoms with Gasteiger partial charge in [-0.2, -0.15) is 0 Å². The summed E-state index contributed by atoms with van der Waals surface area (Å²) in [5, 5.41) is 3.59. The second kappa shape index (κ2) is 8.08. The molecule has 1 unspecified atom stereocenters. The molecule has 98 valence electrons. The number of hydrogen-bond acceptors (Lipinski definition) is 2. The summed E-state index contributed by atoms with van der Waals surface area (Å²) in [6, 6.07) is 0. The molecule has 2 nitrogen and oxygen atoms in total. The Morgan fingerprint density at radius 3 is 2.19 bits per heavy atom. The van der Waals surface area contributed by atoms with E-state index in [4.69, 9.17) is 4.74 Å². The molecule has 0 fully saturated rings. The van der Waals surface area contributed by atoms with Gasteiger partial charge in [0.2, 0.25) is 0 Å². The van der Waals surface area contributed by atoms with E-state index < -0.39 is 0 Å². The first-order valence-corrected chi connectivity index (χ1v) is 6.69. The molecular formula is C14H31NO. The van der Waals surface area contributed by atoms with Gasteiger partial charge in [-0.3, -0.25) is 0 Å². The van der Waals surface area contributed by atoms with Crippen LogP contribution in [-0.4, -0.2) is 25.3 Å². The summed E-state index contributed by atoms with van der Waals surface area (Å²) in [6.07, 6.45) is 2.29. The van der Waals surface area contributed by atoms with E-state index in [1.165, 1.54) is 6.42 Å². The van der Waals surface area contributed by atoms with E-state index in [-0.39, 0.29) is 5.54 Å². The van der Waals surface area contributed by atoms with Crippen molar-refractivity contribution in [1.29, 1.82) is 0 Å². The molecule has 16 heavy (non-hydrogen) atoms. The van der Waals surface area contributed by atoms with Gasteiger partial charge in [0.25, 0.3) is 0 Å². The zero-order valence-electron chi connectivity index (χ0n) is 12.1. The molecule has 0 aliphatic carbocycles. The monoisotopic (exact) mass is 229 g/mol. The number of ether oxygens (including phenoxy) is 1. The molecule has 2 heteroatoms. The van der Waals surface area contributed by atoms with E-state index in [0.29, 0.717) is 0 Å². The average molecular weight is 229 g/mol. The predicted octanol–water partition coefficient (Wildman–Crippen LogP) is 3.46. The summed E-state index contributed by atoms with van der Waals surface area (Å²) >= 11 is 0. The van der Waals surface area contributed by atoms with Crippen molar-refractivity contribution in [3.05, 3.63) is 0 Å². The Labute approximate surface area is 102 Å². The number of nitrogens with one attached hydrogen (secondary N) is 1. The Bertz CT molecular complexity index is 161. The Kier molecular flexibility index (Phi) is 8.04. The lowest BCUT2D eigenvalue weighted by Gasteiger charge is -2.27. The van der Waals surface area contributed by atoms with Crippen LogP contribution in [0.5, 0.6) is 0 Å². The van der Waals surface area contributed by atoms with Gasteiger partial charge in [0.15, 0.2) is 0 Å². The maximum atomic E-state index is 5.57. The molecule has 0 rings (SSSR count). The molecule has 0 bridgehead atoms. The van der Waals surface area contributed by atoms with Crippen molar-refractivity contribution in [2.24, 2.45) is 11.8 Å². The van der Waals surface area contributed by atoms with Crippen molar-refractivity contribution in [3.63, 3.8) is 0 Å². The Balaban J connectivity index is 3.80. The molecule has 0 aliphatic heterocycles. The van der Waals surface area contributed by atoms with Crippen molar-refractivity contribution in [2.75, 3.05) is 19.8 Å². The maximum Gasteiger partial charge on any atom is 0.0469 e. The van der Waals surface area contributed by atoms with Crippen LogP contribution in [-0.2, 0) is 4.74 Å². The van der Waals surface area contributed by atoms with E-state index in [1.807, 2.05) is 0 Å². The fourth-order valence-electron chi connectivity index (χ4n) is 1.59. The lowest BCUT2D eigenvalue weighted by molar-refractivity contribution is 0.111. The first-order valence-electron chi connectivity index (χ1n) is 6.69. The van der Waals surface area contributed by atoms with Crippen LogP contribution in [0.2, 0.25) is 0 Å². The highest BCUT2D eigenvalue weighted by molar-refractivity contribution is 4.74. The zero-order chi connectivity index (χ0) is 12.6. The Morgan fingerprint density at radius 2 is 1.75 bits per heavy atom. The fourth-order valence-corrected chi connectivity index (χ4v) is 1.59. The second-order valence-corrected chi connectivity index (χ2v) is 6.04. The highest BCUT2D eigenvalue weighted by Crippen LogP contribution is 2.15. The molecule has 0 heterocycles. The van der Waals surface area contributed by atoms with E-state index >= 15 is 0 Å². The van der Waals surface area contributed by atoms with Gasteiger partial charge in [0.1, 0.15) is 0 Å². The van der Waals surface area contributed by atoms with Gasteiger partial charge in [-0.1, -0.05) is 20.8 Å². The molecular weight excluding hydrogens is 198 g/mol. The Morgan fingerprint density at radius 1 is 1.12 bits per heavy atom. The minimum atomic E-state index is 0.220.